The van der Waals surface area contributed by atoms with Gasteiger partial charge in [0.1, 0.15) is 11.8 Å². The number of terminal acetylenes is 1. The summed E-state index contributed by atoms with van der Waals surface area (Å²) in [4.78, 5) is 24.9. The van der Waals surface area contributed by atoms with Crippen LogP contribution in [0.2, 0.25) is 0 Å². The summed E-state index contributed by atoms with van der Waals surface area (Å²) in [5.74, 6) is 2.47. The second-order valence-electron chi connectivity index (χ2n) is 3.76. The SMILES string of the molecule is C#CCC1NC(=O)N(c2ccccc2OC)C1=O. The molecule has 0 aromatic heterocycles. The Labute approximate surface area is 105 Å². The highest BCUT2D eigenvalue weighted by molar-refractivity contribution is 6.22. The molecular weight excluding hydrogens is 232 g/mol. The molecule has 1 aromatic rings. The van der Waals surface area contributed by atoms with E-state index in [-0.39, 0.29) is 12.3 Å². The quantitative estimate of drug-likeness (QED) is 0.640. The number of carbonyl (C=O) groups excluding carboxylic acids is 2. The number of anilines is 1. The van der Waals surface area contributed by atoms with Crippen molar-refractivity contribution in [2.45, 2.75) is 12.5 Å². The van der Waals surface area contributed by atoms with E-state index < -0.39 is 12.1 Å². The number of para-hydroxylation sites is 2. The topological polar surface area (TPSA) is 58.6 Å². The molecule has 1 aliphatic rings. The molecule has 5 heteroatoms. The van der Waals surface area contributed by atoms with Gasteiger partial charge in [0.05, 0.1) is 12.8 Å². The van der Waals surface area contributed by atoms with Crippen LogP contribution in [0.15, 0.2) is 24.3 Å². The van der Waals surface area contributed by atoms with Crippen LogP contribution in [-0.2, 0) is 4.79 Å². The molecule has 0 aliphatic carbocycles. The highest BCUT2D eigenvalue weighted by Crippen LogP contribution is 2.30. The number of nitrogens with one attached hydrogen (secondary N) is 1. The van der Waals surface area contributed by atoms with Gasteiger partial charge in [-0.1, -0.05) is 12.1 Å². The van der Waals surface area contributed by atoms with Crippen LogP contribution < -0.4 is 15.0 Å². The Morgan fingerprint density at radius 3 is 2.83 bits per heavy atom. The molecule has 1 aliphatic heterocycles. The van der Waals surface area contributed by atoms with Crippen LogP contribution in [0.1, 0.15) is 6.42 Å². The third-order valence-electron chi connectivity index (χ3n) is 2.67. The van der Waals surface area contributed by atoms with Gasteiger partial charge in [-0.05, 0) is 12.1 Å². The molecule has 1 saturated heterocycles. The number of rotatable bonds is 3. The van der Waals surface area contributed by atoms with E-state index in [0.717, 1.165) is 4.90 Å². The molecular formula is C13H12N2O3. The van der Waals surface area contributed by atoms with Crippen LogP contribution in [0.25, 0.3) is 0 Å². The van der Waals surface area contributed by atoms with E-state index in [1.54, 1.807) is 24.3 Å². The maximum absolute atomic E-state index is 12.1. The first-order chi connectivity index (χ1) is 8.69. The standard InChI is InChI=1S/C13H12N2O3/c1-3-6-9-12(16)15(13(17)14-9)10-7-4-5-8-11(10)18-2/h1,4-5,7-9H,6H2,2H3,(H,14,17). The van der Waals surface area contributed by atoms with E-state index in [1.165, 1.54) is 7.11 Å². The number of hydrogen-bond donors (Lipinski definition) is 1. The van der Waals surface area contributed by atoms with Crippen molar-refractivity contribution in [2.24, 2.45) is 0 Å². The number of benzene rings is 1. The summed E-state index contributed by atoms with van der Waals surface area (Å²) in [7, 11) is 1.48. The molecule has 0 bridgehead atoms. The molecule has 92 valence electrons. The Hall–Kier alpha value is -2.48. The minimum Gasteiger partial charge on any atom is -0.495 e. The van der Waals surface area contributed by atoms with Crippen LogP contribution in [0.4, 0.5) is 10.5 Å². The van der Waals surface area contributed by atoms with Crippen LogP contribution in [0.5, 0.6) is 5.75 Å². The second-order valence-corrected chi connectivity index (χ2v) is 3.76. The molecule has 1 N–H and O–H groups in total. The summed E-state index contributed by atoms with van der Waals surface area (Å²) in [6.45, 7) is 0. The van der Waals surface area contributed by atoms with Crippen molar-refractivity contribution in [2.75, 3.05) is 12.0 Å². The van der Waals surface area contributed by atoms with Crippen molar-refractivity contribution in [1.29, 1.82) is 0 Å². The fourth-order valence-corrected chi connectivity index (χ4v) is 1.83. The third-order valence-corrected chi connectivity index (χ3v) is 2.67. The Balaban J connectivity index is 2.36. The predicted octanol–water partition coefficient (Wildman–Crippen LogP) is 1.14. The van der Waals surface area contributed by atoms with Gasteiger partial charge in [0, 0.05) is 6.42 Å². The first-order valence-corrected chi connectivity index (χ1v) is 5.40. The average molecular weight is 244 g/mol. The second kappa shape index (κ2) is 4.80. The summed E-state index contributed by atoms with van der Waals surface area (Å²) >= 11 is 0. The monoisotopic (exact) mass is 244 g/mol. The van der Waals surface area contributed by atoms with Crippen molar-refractivity contribution in [1.82, 2.24) is 5.32 Å². The molecule has 1 fully saturated rings. The number of imide groups is 1. The van der Waals surface area contributed by atoms with Gasteiger partial charge in [-0.15, -0.1) is 12.3 Å². The summed E-state index contributed by atoms with van der Waals surface area (Å²) in [6, 6.07) is 5.68. The first kappa shape index (κ1) is 12.0. The molecule has 1 aromatic carbocycles. The van der Waals surface area contributed by atoms with E-state index >= 15 is 0 Å². The van der Waals surface area contributed by atoms with E-state index in [9.17, 15) is 9.59 Å². The smallest absolute Gasteiger partial charge is 0.329 e. The highest BCUT2D eigenvalue weighted by atomic mass is 16.5. The van der Waals surface area contributed by atoms with Crippen LogP contribution >= 0.6 is 0 Å². The van der Waals surface area contributed by atoms with Gasteiger partial charge in [-0.25, -0.2) is 9.69 Å². The number of urea groups is 1. The Morgan fingerprint density at radius 1 is 1.44 bits per heavy atom. The van der Waals surface area contributed by atoms with E-state index in [1.807, 2.05) is 0 Å². The number of carbonyl (C=O) groups is 2. The lowest BCUT2D eigenvalue weighted by molar-refractivity contribution is -0.118. The molecule has 3 amide bonds. The van der Waals surface area contributed by atoms with Crippen molar-refractivity contribution >= 4 is 17.6 Å². The zero-order chi connectivity index (χ0) is 13.1. The van der Waals surface area contributed by atoms with Crippen molar-refractivity contribution < 1.29 is 14.3 Å². The first-order valence-electron chi connectivity index (χ1n) is 5.40. The largest absolute Gasteiger partial charge is 0.495 e. The molecule has 1 unspecified atom stereocenters. The molecule has 0 spiro atoms. The summed E-state index contributed by atoms with van der Waals surface area (Å²) in [5.41, 5.74) is 0.419. The van der Waals surface area contributed by atoms with Gasteiger partial charge in [-0.2, -0.15) is 0 Å². The lowest BCUT2D eigenvalue weighted by Gasteiger charge is -2.15. The van der Waals surface area contributed by atoms with Gasteiger partial charge in [0.2, 0.25) is 0 Å². The van der Waals surface area contributed by atoms with Crippen LogP contribution in [-0.4, -0.2) is 25.1 Å². The lowest BCUT2D eigenvalue weighted by atomic mass is 10.2. The van der Waals surface area contributed by atoms with Gasteiger partial charge in [0.25, 0.3) is 5.91 Å². The number of nitrogens with zero attached hydrogens (tertiary/aromatic N) is 1. The fraction of sp³-hybridized carbons (Fsp3) is 0.231. The molecule has 1 atom stereocenters. The Kier molecular flexibility index (Phi) is 3.20. The van der Waals surface area contributed by atoms with E-state index in [0.29, 0.717) is 11.4 Å². The normalized spacial score (nSPS) is 18.4. The molecule has 5 nitrogen and oxygen atoms in total. The number of ether oxygens (including phenoxy) is 1. The zero-order valence-corrected chi connectivity index (χ0v) is 9.84. The molecule has 0 radical (unpaired) electrons. The number of hydrogen-bond acceptors (Lipinski definition) is 3. The minimum absolute atomic E-state index is 0.177. The average Bonchev–Trinajstić information content (AvgIpc) is 2.65. The van der Waals surface area contributed by atoms with Gasteiger partial charge >= 0.3 is 6.03 Å². The Morgan fingerprint density at radius 2 is 2.17 bits per heavy atom. The maximum Gasteiger partial charge on any atom is 0.329 e. The minimum atomic E-state index is -0.660. The van der Waals surface area contributed by atoms with E-state index in [4.69, 9.17) is 11.2 Å². The molecule has 18 heavy (non-hydrogen) atoms. The van der Waals surface area contributed by atoms with Crippen molar-refractivity contribution in [3.63, 3.8) is 0 Å². The summed E-state index contributed by atoms with van der Waals surface area (Å²) in [6.07, 6.45) is 5.34. The third kappa shape index (κ3) is 1.89. The highest BCUT2D eigenvalue weighted by Gasteiger charge is 2.39. The lowest BCUT2D eigenvalue weighted by Crippen LogP contribution is -2.31. The summed E-state index contributed by atoms with van der Waals surface area (Å²) in [5, 5.41) is 2.54. The predicted molar refractivity (Wildman–Crippen MR) is 66.2 cm³/mol. The van der Waals surface area contributed by atoms with E-state index in [2.05, 4.69) is 11.2 Å². The number of amides is 3. The zero-order valence-electron chi connectivity index (χ0n) is 9.84. The van der Waals surface area contributed by atoms with Crippen molar-refractivity contribution in [3.8, 4) is 18.1 Å². The Bertz CT molecular complexity index is 533. The molecule has 0 saturated carbocycles. The number of methoxy groups -OCH3 is 1. The molecule has 1 heterocycles. The van der Waals surface area contributed by atoms with Gasteiger partial charge in [-0.3, -0.25) is 4.79 Å². The van der Waals surface area contributed by atoms with Gasteiger partial charge < -0.3 is 10.1 Å². The fourth-order valence-electron chi connectivity index (χ4n) is 1.83. The van der Waals surface area contributed by atoms with Crippen LogP contribution in [0, 0.1) is 12.3 Å². The maximum atomic E-state index is 12.1. The molecule has 2 rings (SSSR count). The summed E-state index contributed by atoms with van der Waals surface area (Å²) < 4.78 is 5.14. The van der Waals surface area contributed by atoms with Crippen molar-refractivity contribution in [3.05, 3.63) is 24.3 Å². The van der Waals surface area contributed by atoms with Gasteiger partial charge in [0.15, 0.2) is 0 Å². The van der Waals surface area contributed by atoms with Crippen LogP contribution in [0.3, 0.4) is 0 Å².